The molecule has 0 spiro atoms. The highest BCUT2D eigenvalue weighted by Gasteiger charge is 2.22. The van der Waals surface area contributed by atoms with Gasteiger partial charge in [-0.2, -0.15) is 0 Å². The fourth-order valence-corrected chi connectivity index (χ4v) is 2.67. The van der Waals surface area contributed by atoms with Crippen molar-refractivity contribution < 1.29 is 9.84 Å². The van der Waals surface area contributed by atoms with Crippen LogP contribution in [0.25, 0.3) is 0 Å². The summed E-state index contributed by atoms with van der Waals surface area (Å²) in [6, 6.07) is 11.7. The minimum absolute atomic E-state index is 0. The van der Waals surface area contributed by atoms with Gasteiger partial charge in [-0.05, 0) is 49.4 Å². The van der Waals surface area contributed by atoms with Gasteiger partial charge in [0.25, 0.3) is 0 Å². The SMILES string of the molecule is CCNC(=NCc1ccccc1OCC1CC1)NCC(O)c1ccncc1.I. The van der Waals surface area contributed by atoms with E-state index in [-0.39, 0.29) is 24.0 Å². The molecule has 152 valence electrons. The Labute approximate surface area is 183 Å². The van der Waals surface area contributed by atoms with Crippen LogP contribution in [0.1, 0.15) is 37.0 Å². The molecule has 0 aliphatic heterocycles. The van der Waals surface area contributed by atoms with Crippen molar-refractivity contribution in [2.24, 2.45) is 10.9 Å². The number of benzene rings is 1. The normalized spacial score (nSPS) is 14.7. The summed E-state index contributed by atoms with van der Waals surface area (Å²) in [6.45, 7) is 4.44. The van der Waals surface area contributed by atoms with Crippen LogP contribution in [0.3, 0.4) is 0 Å². The molecule has 1 aliphatic carbocycles. The van der Waals surface area contributed by atoms with Crippen molar-refractivity contribution in [1.82, 2.24) is 15.6 Å². The van der Waals surface area contributed by atoms with Crippen LogP contribution in [0.2, 0.25) is 0 Å². The van der Waals surface area contributed by atoms with Gasteiger partial charge in [-0.25, -0.2) is 4.99 Å². The van der Waals surface area contributed by atoms with Gasteiger partial charge >= 0.3 is 0 Å². The molecule has 6 nitrogen and oxygen atoms in total. The number of guanidine groups is 1. The van der Waals surface area contributed by atoms with Gasteiger partial charge in [0, 0.05) is 31.0 Å². The van der Waals surface area contributed by atoms with Crippen LogP contribution in [0.5, 0.6) is 5.75 Å². The second-order valence-corrected chi connectivity index (χ2v) is 6.73. The van der Waals surface area contributed by atoms with E-state index < -0.39 is 6.10 Å². The van der Waals surface area contributed by atoms with Crippen LogP contribution in [0, 0.1) is 5.92 Å². The van der Waals surface area contributed by atoms with E-state index in [2.05, 4.69) is 20.6 Å². The highest BCUT2D eigenvalue weighted by Crippen LogP contribution is 2.30. The summed E-state index contributed by atoms with van der Waals surface area (Å²) in [5, 5.41) is 16.7. The Balaban J connectivity index is 0.00000280. The number of aliphatic hydroxyl groups excluding tert-OH is 1. The molecule has 1 atom stereocenters. The number of ether oxygens (including phenoxy) is 1. The van der Waals surface area contributed by atoms with E-state index in [0.717, 1.165) is 35.9 Å². The Morgan fingerprint density at radius 1 is 1.21 bits per heavy atom. The lowest BCUT2D eigenvalue weighted by Gasteiger charge is -2.16. The van der Waals surface area contributed by atoms with Crippen molar-refractivity contribution >= 4 is 29.9 Å². The second-order valence-electron chi connectivity index (χ2n) is 6.73. The lowest BCUT2D eigenvalue weighted by atomic mass is 10.1. The first kappa shape index (κ1) is 22.4. The summed E-state index contributed by atoms with van der Waals surface area (Å²) in [5.74, 6) is 2.29. The Morgan fingerprint density at radius 3 is 2.68 bits per heavy atom. The highest BCUT2D eigenvalue weighted by molar-refractivity contribution is 14.0. The third kappa shape index (κ3) is 7.27. The van der Waals surface area contributed by atoms with Gasteiger partial charge in [0.1, 0.15) is 5.75 Å². The predicted octanol–water partition coefficient (Wildman–Crippen LogP) is 3.28. The Bertz CT molecular complexity index is 738. The van der Waals surface area contributed by atoms with E-state index in [1.165, 1.54) is 12.8 Å². The van der Waals surface area contributed by atoms with E-state index in [1.807, 2.05) is 43.3 Å². The summed E-state index contributed by atoms with van der Waals surface area (Å²) in [4.78, 5) is 8.62. The number of halogens is 1. The third-order valence-corrected chi connectivity index (χ3v) is 4.45. The number of hydrogen-bond acceptors (Lipinski definition) is 4. The lowest BCUT2D eigenvalue weighted by molar-refractivity contribution is 0.180. The Kier molecular flexibility index (Phi) is 9.49. The number of aliphatic hydroxyl groups is 1. The lowest BCUT2D eigenvalue weighted by Crippen LogP contribution is -2.39. The molecule has 7 heteroatoms. The monoisotopic (exact) mass is 496 g/mol. The van der Waals surface area contributed by atoms with Crippen LogP contribution < -0.4 is 15.4 Å². The van der Waals surface area contributed by atoms with Gasteiger partial charge in [-0.15, -0.1) is 24.0 Å². The Hall–Kier alpha value is -1.87. The topological polar surface area (TPSA) is 78.8 Å². The minimum Gasteiger partial charge on any atom is -0.493 e. The number of aliphatic imine (C=N–C) groups is 1. The van der Waals surface area contributed by atoms with Gasteiger partial charge in [0.15, 0.2) is 5.96 Å². The summed E-state index contributed by atoms with van der Waals surface area (Å²) in [7, 11) is 0. The number of hydrogen-bond donors (Lipinski definition) is 3. The molecule has 2 aromatic rings. The van der Waals surface area contributed by atoms with E-state index in [4.69, 9.17) is 4.74 Å². The van der Waals surface area contributed by atoms with Gasteiger partial charge in [0.2, 0.25) is 0 Å². The largest absolute Gasteiger partial charge is 0.493 e. The first-order chi connectivity index (χ1) is 13.3. The first-order valence-electron chi connectivity index (χ1n) is 9.57. The average molecular weight is 496 g/mol. The molecule has 3 rings (SSSR count). The van der Waals surface area contributed by atoms with Crippen molar-refractivity contribution in [3.63, 3.8) is 0 Å². The number of aromatic nitrogens is 1. The van der Waals surface area contributed by atoms with Gasteiger partial charge in [-0.1, -0.05) is 18.2 Å². The van der Waals surface area contributed by atoms with E-state index in [9.17, 15) is 5.11 Å². The Morgan fingerprint density at radius 2 is 1.96 bits per heavy atom. The number of pyridine rings is 1. The molecule has 3 N–H and O–H groups in total. The quantitative estimate of drug-likeness (QED) is 0.282. The molecule has 1 fully saturated rings. The van der Waals surface area contributed by atoms with Gasteiger partial charge in [0.05, 0.1) is 19.3 Å². The number of para-hydroxylation sites is 1. The maximum Gasteiger partial charge on any atom is 0.191 e. The van der Waals surface area contributed by atoms with Gasteiger partial charge in [-0.3, -0.25) is 4.98 Å². The minimum atomic E-state index is -0.619. The van der Waals surface area contributed by atoms with Crippen molar-refractivity contribution in [3.05, 3.63) is 59.9 Å². The molecule has 0 bridgehead atoms. The van der Waals surface area contributed by atoms with E-state index >= 15 is 0 Å². The molecule has 1 saturated carbocycles. The van der Waals surface area contributed by atoms with Gasteiger partial charge < -0.3 is 20.5 Å². The van der Waals surface area contributed by atoms with Crippen LogP contribution in [-0.4, -0.2) is 35.7 Å². The van der Waals surface area contributed by atoms with Crippen LogP contribution in [0.15, 0.2) is 53.8 Å². The van der Waals surface area contributed by atoms with Crippen LogP contribution in [0.4, 0.5) is 0 Å². The molecule has 1 heterocycles. The zero-order chi connectivity index (χ0) is 18.9. The molecule has 0 amide bonds. The average Bonchev–Trinajstić information content (AvgIpc) is 3.54. The summed E-state index contributed by atoms with van der Waals surface area (Å²) < 4.78 is 5.95. The first-order valence-corrected chi connectivity index (χ1v) is 9.57. The standard InChI is InChI=1S/C21H28N4O2.HI/c1-2-23-21(25-14-19(26)17-9-11-22-12-10-17)24-13-18-5-3-4-6-20(18)27-15-16-7-8-16;/h3-6,9-12,16,19,26H,2,7-8,13-15H2,1H3,(H2,23,24,25);1H. The molecule has 0 saturated heterocycles. The van der Waals surface area contributed by atoms with Crippen molar-refractivity contribution in [3.8, 4) is 5.75 Å². The fourth-order valence-electron chi connectivity index (χ4n) is 2.67. The number of nitrogens with zero attached hydrogens (tertiary/aromatic N) is 2. The molecule has 0 radical (unpaired) electrons. The molecule has 1 aliphatic rings. The maximum absolute atomic E-state index is 10.3. The fraction of sp³-hybridized carbons (Fsp3) is 0.429. The van der Waals surface area contributed by atoms with Crippen LogP contribution in [-0.2, 0) is 6.54 Å². The smallest absolute Gasteiger partial charge is 0.191 e. The molecule has 1 aromatic carbocycles. The third-order valence-electron chi connectivity index (χ3n) is 4.45. The molecule has 1 unspecified atom stereocenters. The highest BCUT2D eigenvalue weighted by atomic mass is 127. The van der Waals surface area contributed by atoms with Crippen molar-refractivity contribution in [2.75, 3.05) is 19.7 Å². The second kappa shape index (κ2) is 11.9. The zero-order valence-corrected chi connectivity index (χ0v) is 18.5. The summed E-state index contributed by atoms with van der Waals surface area (Å²) in [5.41, 5.74) is 1.89. The molecular formula is C21H29IN4O2. The zero-order valence-electron chi connectivity index (χ0n) is 16.2. The van der Waals surface area contributed by atoms with Crippen LogP contribution >= 0.6 is 24.0 Å². The number of nitrogens with one attached hydrogen (secondary N) is 2. The number of rotatable bonds is 9. The van der Waals surface area contributed by atoms with E-state index in [1.54, 1.807) is 12.4 Å². The molecule has 1 aromatic heterocycles. The summed E-state index contributed by atoms with van der Waals surface area (Å²) in [6.07, 6.45) is 5.28. The van der Waals surface area contributed by atoms with Crippen molar-refractivity contribution in [2.45, 2.75) is 32.4 Å². The predicted molar refractivity (Wildman–Crippen MR) is 122 cm³/mol. The summed E-state index contributed by atoms with van der Waals surface area (Å²) >= 11 is 0. The van der Waals surface area contributed by atoms with Crippen molar-refractivity contribution in [1.29, 1.82) is 0 Å². The molecular weight excluding hydrogens is 467 g/mol. The maximum atomic E-state index is 10.3. The van der Waals surface area contributed by atoms with E-state index in [0.29, 0.717) is 19.0 Å². The molecule has 28 heavy (non-hydrogen) atoms.